The summed E-state index contributed by atoms with van der Waals surface area (Å²) in [7, 11) is 0. The number of carbonyl (C=O) groups is 1. The second kappa shape index (κ2) is 6.28. The van der Waals surface area contributed by atoms with Gasteiger partial charge in [0.05, 0.1) is 17.8 Å². The van der Waals surface area contributed by atoms with E-state index in [2.05, 4.69) is 10.3 Å². The van der Waals surface area contributed by atoms with Crippen LogP contribution in [0, 0.1) is 12.7 Å². The summed E-state index contributed by atoms with van der Waals surface area (Å²) in [5, 5.41) is 2.72. The lowest BCUT2D eigenvalue weighted by Gasteiger charge is -2.09. The number of carbonyl (C=O) groups excluding carboxylic acids is 1. The Morgan fingerprint density at radius 1 is 1.35 bits per heavy atom. The summed E-state index contributed by atoms with van der Waals surface area (Å²) in [5.41, 5.74) is 2.82. The minimum absolute atomic E-state index is 0.0685. The number of rotatable bonds is 4. The Labute approximate surface area is 117 Å². The molecule has 1 N–H and O–H groups in total. The minimum Gasteiger partial charge on any atom is -0.346 e. The summed E-state index contributed by atoms with van der Waals surface area (Å²) in [5.74, 6) is -0.927. The fourth-order valence-electron chi connectivity index (χ4n) is 2.02. The van der Waals surface area contributed by atoms with Crippen LogP contribution in [0.5, 0.6) is 0 Å². The molecular weight excluding hydrogens is 255 g/mol. The van der Waals surface area contributed by atoms with Crippen LogP contribution in [0.1, 0.15) is 34.1 Å². The Morgan fingerprint density at radius 3 is 2.90 bits per heavy atom. The minimum atomic E-state index is -0.509. The molecule has 0 aliphatic heterocycles. The SMILES string of the molecule is CCc1cccnc1CNC(=O)c1cc(C)ccc1F. The van der Waals surface area contributed by atoms with Gasteiger partial charge in [0.2, 0.25) is 0 Å². The van der Waals surface area contributed by atoms with E-state index < -0.39 is 11.7 Å². The Morgan fingerprint density at radius 2 is 2.15 bits per heavy atom. The Hall–Kier alpha value is -2.23. The van der Waals surface area contributed by atoms with Crippen molar-refractivity contribution in [2.45, 2.75) is 26.8 Å². The molecular formula is C16H17FN2O. The molecule has 0 saturated carbocycles. The molecule has 3 nitrogen and oxygen atoms in total. The van der Waals surface area contributed by atoms with E-state index >= 15 is 0 Å². The van der Waals surface area contributed by atoms with Crippen LogP contribution in [0.25, 0.3) is 0 Å². The number of pyridine rings is 1. The maximum atomic E-state index is 13.6. The monoisotopic (exact) mass is 272 g/mol. The van der Waals surface area contributed by atoms with Gasteiger partial charge in [-0.3, -0.25) is 9.78 Å². The first-order chi connectivity index (χ1) is 9.61. The van der Waals surface area contributed by atoms with Crippen molar-refractivity contribution in [3.8, 4) is 0 Å². The summed E-state index contributed by atoms with van der Waals surface area (Å²) in [6, 6.07) is 8.33. The lowest BCUT2D eigenvalue weighted by atomic mass is 10.1. The zero-order chi connectivity index (χ0) is 14.5. The molecule has 2 aromatic rings. The Kier molecular flexibility index (Phi) is 4.45. The Bertz CT molecular complexity index is 626. The van der Waals surface area contributed by atoms with Crippen molar-refractivity contribution in [2.24, 2.45) is 0 Å². The molecule has 1 aromatic carbocycles. The van der Waals surface area contributed by atoms with Crippen molar-refractivity contribution in [1.82, 2.24) is 10.3 Å². The predicted molar refractivity (Wildman–Crippen MR) is 75.9 cm³/mol. The maximum absolute atomic E-state index is 13.6. The van der Waals surface area contributed by atoms with Crippen LogP contribution in [-0.2, 0) is 13.0 Å². The second-order valence-corrected chi connectivity index (χ2v) is 4.63. The molecule has 1 aromatic heterocycles. The molecule has 2 rings (SSSR count). The van der Waals surface area contributed by atoms with Gasteiger partial charge < -0.3 is 5.32 Å². The third-order valence-electron chi connectivity index (χ3n) is 3.15. The van der Waals surface area contributed by atoms with Crippen molar-refractivity contribution < 1.29 is 9.18 Å². The molecule has 1 heterocycles. The van der Waals surface area contributed by atoms with E-state index in [1.54, 1.807) is 18.3 Å². The summed E-state index contributed by atoms with van der Waals surface area (Å²) in [4.78, 5) is 16.3. The number of nitrogens with one attached hydrogen (secondary N) is 1. The third kappa shape index (κ3) is 3.20. The van der Waals surface area contributed by atoms with Crippen molar-refractivity contribution in [1.29, 1.82) is 0 Å². The van der Waals surface area contributed by atoms with Gasteiger partial charge in [0, 0.05) is 6.20 Å². The molecule has 0 radical (unpaired) electrons. The van der Waals surface area contributed by atoms with E-state index in [1.807, 2.05) is 26.0 Å². The van der Waals surface area contributed by atoms with Gasteiger partial charge in [0.1, 0.15) is 5.82 Å². The number of hydrogen-bond donors (Lipinski definition) is 1. The normalized spacial score (nSPS) is 10.3. The molecule has 1 amide bonds. The molecule has 0 aliphatic carbocycles. The number of aromatic nitrogens is 1. The number of halogens is 1. The fourth-order valence-corrected chi connectivity index (χ4v) is 2.02. The van der Waals surface area contributed by atoms with Gasteiger partial charge in [0.25, 0.3) is 5.91 Å². The predicted octanol–water partition coefficient (Wildman–Crippen LogP) is 3.02. The number of aryl methyl sites for hydroxylation is 2. The molecule has 104 valence electrons. The lowest BCUT2D eigenvalue weighted by Crippen LogP contribution is -2.25. The number of benzene rings is 1. The standard InChI is InChI=1S/C16H17FN2O/c1-3-12-5-4-8-18-15(12)10-19-16(20)13-9-11(2)6-7-14(13)17/h4-9H,3,10H2,1-2H3,(H,19,20). The average Bonchev–Trinajstić information content (AvgIpc) is 2.47. The van der Waals surface area contributed by atoms with Crippen molar-refractivity contribution >= 4 is 5.91 Å². The van der Waals surface area contributed by atoms with Crippen LogP contribution >= 0.6 is 0 Å². The fraction of sp³-hybridized carbons (Fsp3) is 0.250. The molecule has 0 atom stereocenters. The van der Waals surface area contributed by atoms with Crippen LogP contribution in [0.2, 0.25) is 0 Å². The van der Waals surface area contributed by atoms with Crippen molar-refractivity contribution in [2.75, 3.05) is 0 Å². The zero-order valence-electron chi connectivity index (χ0n) is 11.6. The molecule has 4 heteroatoms. The van der Waals surface area contributed by atoms with Gasteiger partial charge in [0.15, 0.2) is 0 Å². The van der Waals surface area contributed by atoms with Gasteiger partial charge in [-0.25, -0.2) is 4.39 Å². The van der Waals surface area contributed by atoms with E-state index in [0.29, 0.717) is 6.54 Å². The first-order valence-electron chi connectivity index (χ1n) is 6.59. The van der Waals surface area contributed by atoms with Crippen LogP contribution in [0.3, 0.4) is 0 Å². The number of nitrogens with zero attached hydrogens (tertiary/aromatic N) is 1. The quantitative estimate of drug-likeness (QED) is 0.929. The van der Waals surface area contributed by atoms with E-state index in [0.717, 1.165) is 23.2 Å². The molecule has 0 spiro atoms. The second-order valence-electron chi connectivity index (χ2n) is 4.63. The molecule has 20 heavy (non-hydrogen) atoms. The van der Waals surface area contributed by atoms with E-state index in [4.69, 9.17) is 0 Å². The first-order valence-corrected chi connectivity index (χ1v) is 6.59. The van der Waals surface area contributed by atoms with Crippen LogP contribution < -0.4 is 5.32 Å². The highest BCUT2D eigenvalue weighted by Crippen LogP contribution is 2.11. The third-order valence-corrected chi connectivity index (χ3v) is 3.15. The van der Waals surface area contributed by atoms with E-state index in [9.17, 15) is 9.18 Å². The summed E-state index contributed by atoms with van der Waals surface area (Å²) in [6.45, 7) is 4.16. The number of hydrogen-bond acceptors (Lipinski definition) is 2. The lowest BCUT2D eigenvalue weighted by molar-refractivity contribution is 0.0946. The van der Waals surface area contributed by atoms with Gasteiger partial charge >= 0.3 is 0 Å². The number of amides is 1. The highest BCUT2D eigenvalue weighted by Gasteiger charge is 2.12. The molecule has 0 unspecified atom stereocenters. The van der Waals surface area contributed by atoms with E-state index in [1.165, 1.54) is 6.07 Å². The Balaban J connectivity index is 2.11. The summed E-state index contributed by atoms with van der Waals surface area (Å²) >= 11 is 0. The highest BCUT2D eigenvalue weighted by atomic mass is 19.1. The topological polar surface area (TPSA) is 42.0 Å². The van der Waals surface area contributed by atoms with Crippen molar-refractivity contribution in [3.05, 3.63) is 64.7 Å². The molecule has 0 fully saturated rings. The summed E-state index contributed by atoms with van der Waals surface area (Å²) < 4.78 is 13.6. The van der Waals surface area contributed by atoms with E-state index in [-0.39, 0.29) is 5.56 Å². The summed E-state index contributed by atoms with van der Waals surface area (Å²) in [6.07, 6.45) is 2.53. The van der Waals surface area contributed by atoms with Gasteiger partial charge in [-0.15, -0.1) is 0 Å². The average molecular weight is 272 g/mol. The van der Waals surface area contributed by atoms with Crippen molar-refractivity contribution in [3.63, 3.8) is 0 Å². The first kappa shape index (κ1) is 14.2. The van der Waals surface area contributed by atoms with Crippen LogP contribution in [0.4, 0.5) is 4.39 Å². The molecule has 0 saturated heterocycles. The molecule has 0 bridgehead atoms. The maximum Gasteiger partial charge on any atom is 0.254 e. The molecule has 0 aliphatic rings. The van der Waals surface area contributed by atoms with Crippen LogP contribution in [0.15, 0.2) is 36.5 Å². The zero-order valence-corrected chi connectivity index (χ0v) is 11.6. The smallest absolute Gasteiger partial charge is 0.254 e. The van der Waals surface area contributed by atoms with Gasteiger partial charge in [-0.2, -0.15) is 0 Å². The highest BCUT2D eigenvalue weighted by molar-refractivity contribution is 5.94. The van der Waals surface area contributed by atoms with Gasteiger partial charge in [-0.05, 0) is 37.1 Å². The largest absolute Gasteiger partial charge is 0.346 e. The van der Waals surface area contributed by atoms with Crippen LogP contribution in [-0.4, -0.2) is 10.9 Å². The van der Waals surface area contributed by atoms with Gasteiger partial charge in [-0.1, -0.05) is 24.6 Å².